The van der Waals surface area contributed by atoms with E-state index in [1.807, 2.05) is 18.2 Å². The van der Waals surface area contributed by atoms with Crippen LogP contribution >= 0.6 is 23.4 Å². The minimum absolute atomic E-state index is 0.00216. The Bertz CT molecular complexity index is 1070. The molecule has 0 bridgehead atoms. The number of carbonyl (C=O) groups is 2. The summed E-state index contributed by atoms with van der Waals surface area (Å²) in [6, 6.07) is 10.1. The number of rotatable bonds is 3. The number of halogens is 1. The van der Waals surface area contributed by atoms with Gasteiger partial charge in [-0.15, -0.1) is 0 Å². The Balaban J connectivity index is 1.58. The molecule has 2 fully saturated rings. The van der Waals surface area contributed by atoms with Gasteiger partial charge in [-0.2, -0.15) is 0 Å². The third-order valence-corrected chi connectivity index (χ3v) is 7.40. The molecule has 0 aliphatic carbocycles. The molecule has 2 aliphatic rings. The van der Waals surface area contributed by atoms with Crippen molar-refractivity contribution in [1.29, 1.82) is 0 Å². The van der Waals surface area contributed by atoms with Crippen LogP contribution in [-0.4, -0.2) is 42.0 Å². The quantitative estimate of drug-likeness (QED) is 0.697. The third-order valence-electron chi connectivity index (χ3n) is 4.44. The number of nitrogens with zero attached hydrogens (tertiary/aromatic N) is 1. The van der Waals surface area contributed by atoms with Gasteiger partial charge in [-0.3, -0.25) is 14.5 Å². The lowest BCUT2D eigenvalue weighted by Crippen LogP contribution is -2.39. The van der Waals surface area contributed by atoms with Crippen molar-refractivity contribution in [1.82, 2.24) is 4.90 Å². The van der Waals surface area contributed by atoms with Crippen LogP contribution in [0.2, 0.25) is 5.02 Å². The van der Waals surface area contributed by atoms with Gasteiger partial charge in [-0.25, -0.2) is 8.42 Å². The number of carbonyl (C=O) groups excluding carboxylic acids is 2. The van der Waals surface area contributed by atoms with Gasteiger partial charge in [-0.05, 0) is 42.4 Å². The van der Waals surface area contributed by atoms with Crippen LogP contribution in [0, 0.1) is 0 Å². The highest BCUT2D eigenvalue weighted by Gasteiger charge is 2.44. The van der Waals surface area contributed by atoms with Crippen molar-refractivity contribution >= 4 is 50.4 Å². The Kier molecular flexibility index (Phi) is 4.65. The molecule has 1 aromatic carbocycles. The molecule has 4 rings (SSSR count). The minimum Gasteiger partial charge on any atom is -0.457 e. The van der Waals surface area contributed by atoms with Crippen LogP contribution in [0.1, 0.15) is 12.2 Å². The number of thioether (sulfide) groups is 1. The zero-order valence-corrected chi connectivity index (χ0v) is 16.3. The lowest BCUT2D eigenvalue weighted by Gasteiger charge is -2.18. The molecule has 2 amide bonds. The van der Waals surface area contributed by atoms with Gasteiger partial charge < -0.3 is 4.42 Å². The maximum Gasteiger partial charge on any atom is 0.293 e. The number of benzene rings is 1. The topological polar surface area (TPSA) is 84.7 Å². The van der Waals surface area contributed by atoms with E-state index in [2.05, 4.69) is 0 Å². The summed E-state index contributed by atoms with van der Waals surface area (Å²) >= 11 is 6.95. The predicted molar refractivity (Wildman–Crippen MR) is 104 cm³/mol. The molecule has 0 radical (unpaired) electrons. The van der Waals surface area contributed by atoms with E-state index in [-0.39, 0.29) is 22.8 Å². The van der Waals surface area contributed by atoms with Crippen molar-refractivity contribution in [3.63, 3.8) is 0 Å². The first kappa shape index (κ1) is 18.3. The second-order valence-corrected chi connectivity index (χ2v) is 9.92. The smallest absolute Gasteiger partial charge is 0.293 e. The van der Waals surface area contributed by atoms with Gasteiger partial charge in [0.05, 0.1) is 27.5 Å². The highest BCUT2D eigenvalue weighted by atomic mass is 35.5. The maximum atomic E-state index is 12.6. The summed E-state index contributed by atoms with van der Waals surface area (Å²) in [5.41, 5.74) is 0.725. The van der Waals surface area contributed by atoms with Crippen molar-refractivity contribution in [3.8, 4) is 11.3 Å². The SMILES string of the molecule is O=C1S/C(=C/c2ccc(-c3ccccc3Cl)o2)C(=O)N1C1CCS(=O)(=O)C1. The molecule has 9 heteroatoms. The molecular weight excluding hydrogens is 410 g/mol. The summed E-state index contributed by atoms with van der Waals surface area (Å²) in [6.45, 7) is 0. The van der Waals surface area contributed by atoms with Crippen LogP contribution in [0.5, 0.6) is 0 Å². The Labute approximate surface area is 165 Å². The molecule has 3 heterocycles. The first-order valence-corrected chi connectivity index (χ1v) is 11.2. The standard InChI is InChI=1S/C18H14ClNO5S2/c19-14-4-2-1-3-13(14)15-6-5-12(25-15)9-16-17(21)20(18(22)26-16)11-7-8-27(23,24)10-11/h1-6,9,11H,7-8,10H2/b16-9+. The first-order chi connectivity index (χ1) is 12.8. The zero-order valence-electron chi connectivity index (χ0n) is 13.9. The number of imide groups is 1. The third kappa shape index (κ3) is 3.56. The van der Waals surface area contributed by atoms with Crippen molar-refractivity contribution in [2.75, 3.05) is 11.5 Å². The fourth-order valence-corrected chi connectivity index (χ4v) is 5.95. The number of hydrogen-bond acceptors (Lipinski definition) is 6. The van der Waals surface area contributed by atoms with E-state index in [9.17, 15) is 18.0 Å². The first-order valence-electron chi connectivity index (χ1n) is 8.16. The van der Waals surface area contributed by atoms with Crippen molar-refractivity contribution < 1.29 is 22.4 Å². The number of amides is 2. The van der Waals surface area contributed by atoms with Crippen LogP contribution in [-0.2, 0) is 14.6 Å². The molecule has 2 aliphatic heterocycles. The van der Waals surface area contributed by atoms with Gasteiger partial charge in [0, 0.05) is 11.6 Å². The molecule has 2 saturated heterocycles. The molecule has 27 heavy (non-hydrogen) atoms. The molecule has 1 aromatic heterocycles. The fourth-order valence-electron chi connectivity index (χ4n) is 3.14. The second kappa shape index (κ2) is 6.85. The average molecular weight is 424 g/mol. The molecule has 2 aromatic rings. The van der Waals surface area contributed by atoms with Crippen molar-refractivity contribution in [2.45, 2.75) is 12.5 Å². The highest BCUT2D eigenvalue weighted by Crippen LogP contribution is 2.37. The number of sulfone groups is 1. The molecule has 140 valence electrons. The van der Waals surface area contributed by atoms with E-state index in [4.69, 9.17) is 16.0 Å². The van der Waals surface area contributed by atoms with E-state index < -0.39 is 27.0 Å². The van der Waals surface area contributed by atoms with Crippen LogP contribution in [0.25, 0.3) is 17.4 Å². The van der Waals surface area contributed by atoms with Crippen LogP contribution < -0.4 is 0 Å². The van der Waals surface area contributed by atoms with Crippen molar-refractivity contribution in [3.05, 3.63) is 52.1 Å². The van der Waals surface area contributed by atoms with Crippen LogP contribution in [0.3, 0.4) is 0 Å². The van der Waals surface area contributed by atoms with Gasteiger partial charge in [0.1, 0.15) is 11.5 Å². The Morgan fingerprint density at radius 3 is 2.67 bits per heavy atom. The van der Waals surface area contributed by atoms with Gasteiger partial charge >= 0.3 is 0 Å². The normalized spacial score (nSPS) is 23.5. The summed E-state index contributed by atoms with van der Waals surface area (Å²) in [6.07, 6.45) is 1.78. The molecule has 0 saturated carbocycles. The van der Waals surface area contributed by atoms with Crippen LogP contribution in [0.15, 0.2) is 45.7 Å². The zero-order chi connectivity index (χ0) is 19.2. The second-order valence-electron chi connectivity index (χ2n) is 6.29. The maximum absolute atomic E-state index is 12.6. The van der Waals surface area contributed by atoms with Gasteiger partial charge in [-0.1, -0.05) is 23.7 Å². The van der Waals surface area contributed by atoms with Crippen molar-refractivity contribution in [2.24, 2.45) is 0 Å². The summed E-state index contributed by atoms with van der Waals surface area (Å²) in [5.74, 6) is 0.304. The molecule has 0 spiro atoms. The number of hydrogen-bond donors (Lipinski definition) is 0. The van der Waals surface area contributed by atoms with E-state index >= 15 is 0 Å². The summed E-state index contributed by atoms with van der Waals surface area (Å²) in [5, 5.41) is 0.0902. The molecular formula is C18H14ClNO5S2. The Morgan fingerprint density at radius 1 is 1.19 bits per heavy atom. The molecule has 1 atom stereocenters. The fraction of sp³-hybridized carbons (Fsp3) is 0.222. The van der Waals surface area contributed by atoms with Gasteiger partial charge in [0.15, 0.2) is 9.84 Å². The Hall–Kier alpha value is -2.03. The largest absolute Gasteiger partial charge is 0.457 e. The van der Waals surface area contributed by atoms with E-state index in [0.717, 1.165) is 22.2 Å². The molecule has 1 unspecified atom stereocenters. The summed E-state index contributed by atoms with van der Waals surface area (Å²) < 4.78 is 29.0. The van der Waals surface area contributed by atoms with Gasteiger partial charge in [0.25, 0.3) is 11.1 Å². The van der Waals surface area contributed by atoms with Crippen LogP contribution in [0.4, 0.5) is 4.79 Å². The number of furan rings is 1. The molecule has 6 nitrogen and oxygen atoms in total. The minimum atomic E-state index is -3.19. The lowest BCUT2D eigenvalue weighted by atomic mass is 10.2. The molecule has 0 N–H and O–H groups in total. The monoisotopic (exact) mass is 423 g/mol. The highest BCUT2D eigenvalue weighted by molar-refractivity contribution is 8.18. The van der Waals surface area contributed by atoms with Gasteiger partial charge in [0.2, 0.25) is 0 Å². The Morgan fingerprint density at radius 2 is 1.96 bits per heavy atom. The summed E-state index contributed by atoms with van der Waals surface area (Å²) in [4.78, 5) is 26.1. The average Bonchev–Trinajstić information content (AvgIpc) is 3.27. The predicted octanol–water partition coefficient (Wildman–Crippen LogP) is 3.82. The van der Waals surface area contributed by atoms with E-state index in [0.29, 0.717) is 16.5 Å². The van der Waals surface area contributed by atoms with E-state index in [1.54, 1.807) is 18.2 Å². The van der Waals surface area contributed by atoms with E-state index in [1.165, 1.54) is 6.08 Å². The summed E-state index contributed by atoms with van der Waals surface area (Å²) in [7, 11) is -3.19. The lowest BCUT2D eigenvalue weighted by molar-refractivity contribution is -0.124.